The summed E-state index contributed by atoms with van der Waals surface area (Å²) >= 11 is 1.75. The van der Waals surface area contributed by atoms with Crippen molar-refractivity contribution in [2.75, 3.05) is 5.32 Å². The number of nitrogens with one attached hydrogen (secondary N) is 1. The maximum absolute atomic E-state index is 10.7. The van der Waals surface area contributed by atoms with E-state index >= 15 is 0 Å². The van der Waals surface area contributed by atoms with Crippen LogP contribution in [0, 0.1) is 24.0 Å². The van der Waals surface area contributed by atoms with Gasteiger partial charge in [0.05, 0.1) is 17.0 Å². The third-order valence-electron chi connectivity index (χ3n) is 2.86. The second-order valence-electron chi connectivity index (χ2n) is 4.39. The number of nitro groups is 1. The molecule has 2 heterocycles. The summed E-state index contributed by atoms with van der Waals surface area (Å²) in [5, 5.41) is 13.9. The molecule has 19 heavy (non-hydrogen) atoms. The summed E-state index contributed by atoms with van der Waals surface area (Å²) in [5.41, 5.74) is 1.25. The summed E-state index contributed by atoms with van der Waals surface area (Å²) in [4.78, 5) is 16.9. The van der Waals surface area contributed by atoms with E-state index in [9.17, 15) is 10.1 Å². The van der Waals surface area contributed by atoms with Crippen molar-refractivity contribution < 1.29 is 4.92 Å². The van der Waals surface area contributed by atoms with Crippen LogP contribution in [0.3, 0.4) is 0 Å². The Morgan fingerprint density at radius 2 is 2.16 bits per heavy atom. The van der Waals surface area contributed by atoms with E-state index in [4.69, 9.17) is 0 Å². The number of hydrogen-bond donors (Lipinski definition) is 1. The zero-order valence-corrected chi connectivity index (χ0v) is 11.8. The van der Waals surface area contributed by atoms with Gasteiger partial charge in [0, 0.05) is 22.0 Å². The highest BCUT2D eigenvalue weighted by Crippen LogP contribution is 2.28. The summed E-state index contributed by atoms with van der Waals surface area (Å²) in [7, 11) is 0. The molecule has 2 aromatic heterocycles. The van der Waals surface area contributed by atoms with Gasteiger partial charge in [-0.15, -0.1) is 11.3 Å². The van der Waals surface area contributed by atoms with Crippen LogP contribution in [0.25, 0.3) is 0 Å². The first-order valence-corrected chi connectivity index (χ1v) is 6.73. The van der Waals surface area contributed by atoms with E-state index in [0.29, 0.717) is 5.82 Å². The standard InChI is InChI=1S/C13H15N3O2S/c1-8-6-12(10(3)19-8)9(2)15-13-7-11(16(17)18)4-5-14-13/h4-7,9H,1-3H3,(H,14,15). The SMILES string of the molecule is Cc1cc(C(C)Nc2cc([N+](=O)[O-])ccn2)c(C)s1. The fourth-order valence-electron chi connectivity index (χ4n) is 1.99. The molecule has 0 aliphatic carbocycles. The summed E-state index contributed by atoms with van der Waals surface area (Å²) < 4.78 is 0. The van der Waals surface area contributed by atoms with Crippen LogP contribution in [0.1, 0.15) is 28.3 Å². The topological polar surface area (TPSA) is 68.1 Å². The molecule has 5 nitrogen and oxygen atoms in total. The van der Waals surface area contributed by atoms with Crippen molar-refractivity contribution in [1.82, 2.24) is 4.98 Å². The van der Waals surface area contributed by atoms with Gasteiger partial charge in [-0.2, -0.15) is 0 Å². The monoisotopic (exact) mass is 277 g/mol. The van der Waals surface area contributed by atoms with Crippen LogP contribution in [0.2, 0.25) is 0 Å². The molecule has 1 unspecified atom stereocenters. The Labute approximate surface area is 115 Å². The van der Waals surface area contributed by atoms with Crippen LogP contribution < -0.4 is 5.32 Å². The molecule has 0 bridgehead atoms. The number of aromatic nitrogens is 1. The average molecular weight is 277 g/mol. The molecule has 6 heteroatoms. The quantitative estimate of drug-likeness (QED) is 0.681. The van der Waals surface area contributed by atoms with E-state index in [1.807, 2.05) is 6.92 Å². The van der Waals surface area contributed by atoms with E-state index in [1.165, 1.54) is 33.6 Å². The van der Waals surface area contributed by atoms with Crippen molar-refractivity contribution >= 4 is 22.8 Å². The minimum Gasteiger partial charge on any atom is -0.363 e. The van der Waals surface area contributed by atoms with Gasteiger partial charge in [0.2, 0.25) is 0 Å². The molecule has 0 spiro atoms. The predicted octanol–water partition coefficient (Wildman–Crippen LogP) is 3.84. The van der Waals surface area contributed by atoms with Crippen LogP contribution in [0.5, 0.6) is 0 Å². The fraction of sp³-hybridized carbons (Fsp3) is 0.308. The molecular weight excluding hydrogens is 262 g/mol. The van der Waals surface area contributed by atoms with Crippen molar-refractivity contribution in [3.8, 4) is 0 Å². The van der Waals surface area contributed by atoms with Crippen LogP contribution in [-0.4, -0.2) is 9.91 Å². The lowest BCUT2D eigenvalue weighted by Crippen LogP contribution is -2.08. The van der Waals surface area contributed by atoms with E-state index in [2.05, 4.69) is 30.2 Å². The largest absolute Gasteiger partial charge is 0.363 e. The summed E-state index contributed by atoms with van der Waals surface area (Å²) in [5.74, 6) is 0.518. The minimum absolute atomic E-state index is 0.0444. The Hall–Kier alpha value is -1.95. The second-order valence-corrected chi connectivity index (χ2v) is 5.85. The van der Waals surface area contributed by atoms with E-state index in [0.717, 1.165) is 0 Å². The van der Waals surface area contributed by atoms with Crippen LogP contribution in [-0.2, 0) is 0 Å². The molecule has 0 saturated heterocycles. The van der Waals surface area contributed by atoms with Gasteiger partial charge in [0.1, 0.15) is 5.82 Å². The van der Waals surface area contributed by atoms with Crippen molar-refractivity contribution in [3.05, 3.63) is 49.8 Å². The predicted molar refractivity (Wildman–Crippen MR) is 76.7 cm³/mol. The normalized spacial score (nSPS) is 12.2. The van der Waals surface area contributed by atoms with Gasteiger partial charge in [-0.25, -0.2) is 4.98 Å². The van der Waals surface area contributed by atoms with Crippen LogP contribution in [0.15, 0.2) is 24.4 Å². The lowest BCUT2D eigenvalue weighted by molar-refractivity contribution is -0.384. The molecule has 1 atom stereocenters. The van der Waals surface area contributed by atoms with E-state index in [-0.39, 0.29) is 11.7 Å². The van der Waals surface area contributed by atoms with Gasteiger partial charge < -0.3 is 5.32 Å². The Morgan fingerprint density at radius 1 is 1.42 bits per heavy atom. The Balaban J connectivity index is 2.19. The molecule has 0 saturated carbocycles. The molecule has 2 rings (SSSR count). The fourth-order valence-corrected chi connectivity index (χ4v) is 3.01. The first-order valence-electron chi connectivity index (χ1n) is 5.91. The molecular formula is C13H15N3O2S. The third kappa shape index (κ3) is 3.08. The number of nitrogens with zero attached hydrogens (tertiary/aromatic N) is 2. The van der Waals surface area contributed by atoms with E-state index < -0.39 is 4.92 Å². The minimum atomic E-state index is -0.419. The maximum atomic E-state index is 10.7. The highest BCUT2D eigenvalue weighted by Gasteiger charge is 2.13. The first kappa shape index (κ1) is 13.5. The zero-order valence-electron chi connectivity index (χ0n) is 11.0. The maximum Gasteiger partial charge on any atom is 0.274 e. The van der Waals surface area contributed by atoms with Crippen LogP contribution in [0.4, 0.5) is 11.5 Å². The van der Waals surface area contributed by atoms with Crippen molar-refractivity contribution in [2.24, 2.45) is 0 Å². The number of anilines is 1. The smallest absolute Gasteiger partial charge is 0.274 e. The second kappa shape index (κ2) is 5.36. The molecule has 0 aliphatic rings. The van der Waals surface area contributed by atoms with E-state index in [1.54, 1.807) is 11.3 Å². The highest BCUT2D eigenvalue weighted by atomic mass is 32.1. The number of rotatable bonds is 4. The molecule has 0 fully saturated rings. The summed E-state index contributed by atoms with van der Waals surface area (Å²) in [6, 6.07) is 5.04. The van der Waals surface area contributed by atoms with Gasteiger partial charge in [-0.05, 0) is 32.4 Å². The molecule has 0 amide bonds. The van der Waals surface area contributed by atoms with Gasteiger partial charge in [-0.3, -0.25) is 10.1 Å². The van der Waals surface area contributed by atoms with Crippen molar-refractivity contribution in [3.63, 3.8) is 0 Å². The van der Waals surface area contributed by atoms with Gasteiger partial charge in [0.15, 0.2) is 0 Å². The molecule has 2 aromatic rings. The van der Waals surface area contributed by atoms with Gasteiger partial charge >= 0.3 is 0 Å². The molecule has 0 aliphatic heterocycles. The van der Waals surface area contributed by atoms with Crippen molar-refractivity contribution in [1.29, 1.82) is 0 Å². The summed E-state index contributed by atoms with van der Waals surface area (Å²) in [6.45, 7) is 6.17. The first-order chi connectivity index (χ1) is 8.97. The van der Waals surface area contributed by atoms with Gasteiger partial charge in [-0.1, -0.05) is 0 Å². The van der Waals surface area contributed by atoms with Gasteiger partial charge in [0.25, 0.3) is 5.69 Å². The zero-order chi connectivity index (χ0) is 14.0. The average Bonchev–Trinajstić information content (AvgIpc) is 2.69. The number of aryl methyl sites for hydroxylation is 2. The number of thiophene rings is 1. The third-order valence-corrected chi connectivity index (χ3v) is 3.85. The summed E-state index contributed by atoms with van der Waals surface area (Å²) in [6.07, 6.45) is 1.44. The lowest BCUT2D eigenvalue weighted by Gasteiger charge is -2.14. The Bertz CT molecular complexity index is 610. The molecule has 100 valence electrons. The lowest BCUT2D eigenvalue weighted by atomic mass is 10.1. The van der Waals surface area contributed by atoms with Crippen LogP contribution >= 0.6 is 11.3 Å². The molecule has 0 radical (unpaired) electrons. The molecule has 1 N–H and O–H groups in total. The highest BCUT2D eigenvalue weighted by molar-refractivity contribution is 7.12. The Kier molecular flexibility index (Phi) is 3.80. The number of pyridine rings is 1. The van der Waals surface area contributed by atoms with Crippen molar-refractivity contribution in [2.45, 2.75) is 26.8 Å². The Morgan fingerprint density at radius 3 is 2.74 bits per heavy atom. The number of hydrogen-bond acceptors (Lipinski definition) is 5. The molecule has 0 aromatic carbocycles.